The molecule has 0 aromatic carbocycles. The van der Waals surface area contributed by atoms with Crippen molar-refractivity contribution in [2.45, 2.75) is 26.7 Å². The minimum atomic E-state index is 0.265. The quantitative estimate of drug-likeness (QED) is 0.818. The highest BCUT2D eigenvalue weighted by molar-refractivity contribution is 5.32. The maximum absolute atomic E-state index is 9.20. The van der Waals surface area contributed by atoms with Gasteiger partial charge in [0.05, 0.1) is 0 Å². The SMILES string of the molecule is Cc1cc(C)nc(N2CCC[C@@H](CO)C2)n1. The van der Waals surface area contributed by atoms with Gasteiger partial charge in [-0.15, -0.1) is 0 Å². The van der Waals surface area contributed by atoms with Gasteiger partial charge in [-0.25, -0.2) is 9.97 Å². The van der Waals surface area contributed by atoms with Crippen molar-refractivity contribution in [3.05, 3.63) is 17.5 Å². The molecule has 0 bridgehead atoms. The smallest absolute Gasteiger partial charge is 0.225 e. The highest BCUT2D eigenvalue weighted by atomic mass is 16.3. The predicted octanol–water partition coefficient (Wildman–Crippen LogP) is 1.30. The van der Waals surface area contributed by atoms with E-state index in [0.717, 1.165) is 43.3 Å². The molecule has 0 spiro atoms. The molecule has 0 aliphatic carbocycles. The van der Waals surface area contributed by atoms with E-state index in [4.69, 9.17) is 0 Å². The van der Waals surface area contributed by atoms with Gasteiger partial charge in [0.1, 0.15) is 0 Å². The molecule has 1 aliphatic rings. The standard InChI is InChI=1S/C12H19N3O/c1-9-6-10(2)14-12(13-9)15-5-3-4-11(7-15)8-16/h6,11,16H,3-5,7-8H2,1-2H3/t11-/m1/s1. The largest absolute Gasteiger partial charge is 0.396 e. The van der Waals surface area contributed by atoms with Crippen molar-refractivity contribution < 1.29 is 5.11 Å². The second-order valence-corrected chi connectivity index (χ2v) is 4.59. The molecular weight excluding hydrogens is 202 g/mol. The number of aromatic nitrogens is 2. The van der Waals surface area contributed by atoms with Crippen molar-refractivity contribution >= 4 is 5.95 Å². The Kier molecular flexibility index (Phi) is 3.39. The van der Waals surface area contributed by atoms with Crippen LogP contribution in [-0.4, -0.2) is 34.8 Å². The highest BCUT2D eigenvalue weighted by Gasteiger charge is 2.21. The Morgan fingerprint density at radius 1 is 1.38 bits per heavy atom. The summed E-state index contributed by atoms with van der Waals surface area (Å²) in [7, 11) is 0. The molecule has 1 aliphatic heterocycles. The zero-order valence-corrected chi connectivity index (χ0v) is 9.98. The van der Waals surface area contributed by atoms with Crippen molar-refractivity contribution in [2.75, 3.05) is 24.6 Å². The van der Waals surface area contributed by atoms with Crippen LogP contribution in [0.5, 0.6) is 0 Å². The maximum atomic E-state index is 9.20. The van der Waals surface area contributed by atoms with Crippen molar-refractivity contribution in [3.63, 3.8) is 0 Å². The molecule has 4 nitrogen and oxygen atoms in total. The third kappa shape index (κ3) is 2.50. The van der Waals surface area contributed by atoms with Crippen LogP contribution in [0.15, 0.2) is 6.07 Å². The summed E-state index contributed by atoms with van der Waals surface area (Å²) in [5, 5.41) is 9.20. The molecule has 1 N–H and O–H groups in total. The van der Waals surface area contributed by atoms with Gasteiger partial charge in [-0.3, -0.25) is 0 Å². The first kappa shape index (κ1) is 11.3. The molecule has 1 fully saturated rings. The highest BCUT2D eigenvalue weighted by Crippen LogP contribution is 2.20. The summed E-state index contributed by atoms with van der Waals surface area (Å²) in [6.45, 7) is 6.12. The third-order valence-corrected chi connectivity index (χ3v) is 3.03. The van der Waals surface area contributed by atoms with E-state index >= 15 is 0 Å². The molecule has 0 amide bonds. The van der Waals surface area contributed by atoms with E-state index in [1.54, 1.807) is 0 Å². The van der Waals surface area contributed by atoms with Crippen LogP contribution in [0, 0.1) is 19.8 Å². The Morgan fingerprint density at radius 3 is 2.69 bits per heavy atom. The van der Waals surface area contributed by atoms with E-state index in [0.29, 0.717) is 5.92 Å². The molecule has 2 heterocycles. The number of aliphatic hydroxyl groups is 1. The Labute approximate surface area is 96.3 Å². The van der Waals surface area contributed by atoms with Crippen molar-refractivity contribution in [2.24, 2.45) is 5.92 Å². The average Bonchev–Trinajstić information content (AvgIpc) is 2.28. The Hall–Kier alpha value is -1.16. The first-order valence-corrected chi connectivity index (χ1v) is 5.87. The summed E-state index contributed by atoms with van der Waals surface area (Å²) >= 11 is 0. The van der Waals surface area contributed by atoms with Gasteiger partial charge in [0, 0.05) is 31.1 Å². The van der Waals surface area contributed by atoms with E-state index in [2.05, 4.69) is 14.9 Å². The summed E-state index contributed by atoms with van der Waals surface area (Å²) in [4.78, 5) is 11.1. The first-order chi connectivity index (χ1) is 7.69. The van der Waals surface area contributed by atoms with E-state index in [9.17, 15) is 5.11 Å². The normalized spacial score (nSPS) is 21.2. The van der Waals surface area contributed by atoms with E-state index < -0.39 is 0 Å². The summed E-state index contributed by atoms with van der Waals surface area (Å²) < 4.78 is 0. The zero-order chi connectivity index (χ0) is 11.5. The summed E-state index contributed by atoms with van der Waals surface area (Å²) in [5.74, 6) is 1.19. The fourth-order valence-corrected chi connectivity index (χ4v) is 2.24. The summed E-state index contributed by atoms with van der Waals surface area (Å²) in [6, 6.07) is 1.98. The van der Waals surface area contributed by atoms with Gasteiger partial charge in [-0.1, -0.05) is 0 Å². The zero-order valence-electron chi connectivity index (χ0n) is 9.98. The average molecular weight is 221 g/mol. The second-order valence-electron chi connectivity index (χ2n) is 4.59. The van der Waals surface area contributed by atoms with Crippen LogP contribution in [0.2, 0.25) is 0 Å². The lowest BCUT2D eigenvalue weighted by Gasteiger charge is -2.32. The van der Waals surface area contributed by atoms with Crippen LogP contribution in [-0.2, 0) is 0 Å². The minimum Gasteiger partial charge on any atom is -0.396 e. The van der Waals surface area contributed by atoms with Crippen LogP contribution in [0.25, 0.3) is 0 Å². The van der Waals surface area contributed by atoms with E-state index in [-0.39, 0.29) is 6.61 Å². The van der Waals surface area contributed by atoms with Crippen LogP contribution < -0.4 is 4.90 Å². The molecular formula is C12H19N3O. The molecule has 1 saturated heterocycles. The van der Waals surface area contributed by atoms with Gasteiger partial charge in [0.15, 0.2) is 0 Å². The predicted molar refractivity (Wildman–Crippen MR) is 63.5 cm³/mol. The number of anilines is 1. The number of nitrogens with zero attached hydrogens (tertiary/aromatic N) is 3. The second kappa shape index (κ2) is 4.78. The molecule has 1 aromatic heterocycles. The molecule has 1 atom stereocenters. The van der Waals surface area contributed by atoms with Gasteiger partial charge in [-0.2, -0.15) is 0 Å². The lowest BCUT2D eigenvalue weighted by atomic mass is 9.99. The number of rotatable bonds is 2. The number of aliphatic hydroxyl groups excluding tert-OH is 1. The summed E-state index contributed by atoms with van der Waals surface area (Å²) in [6.07, 6.45) is 2.22. The Balaban J connectivity index is 2.16. The molecule has 2 rings (SSSR count). The molecule has 88 valence electrons. The van der Waals surface area contributed by atoms with Gasteiger partial charge in [0.25, 0.3) is 0 Å². The van der Waals surface area contributed by atoms with Gasteiger partial charge < -0.3 is 10.0 Å². The molecule has 0 saturated carbocycles. The number of piperidine rings is 1. The maximum Gasteiger partial charge on any atom is 0.225 e. The van der Waals surface area contributed by atoms with E-state index in [1.165, 1.54) is 0 Å². The number of hydrogen-bond donors (Lipinski definition) is 1. The summed E-state index contributed by atoms with van der Waals surface area (Å²) in [5.41, 5.74) is 2.02. The minimum absolute atomic E-state index is 0.265. The Bertz CT molecular complexity index is 347. The number of hydrogen-bond acceptors (Lipinski definition) is 4. The monoisotopic (exact) mass is 221 g/mol. The van der Waals surface area contributed by atoms with Crippen molar-refractivity contribution in [1.29, 1.82) is 0 Å². The molecule has 0 radical (unpaired) electrons. The molecule has 1 aromatic rings. The third-order valence-electron chi connectivity index (χ3n) is 3.03. The van der Waals surface area contributed by atoms with Crippen LogP contribution in [0.4, 0.5) is 5.95 Å². The van der Waals surface area contributed by atoms with Gasteiger partial charge in [-0.05, 0) is 38.7 Å². The topological polar surface area (TPSA) is 49.2 Å². The van der Waals surface area contributed by atoms with Gasteiger partial charge >= 0.3 is 0 Å². The lowest BCUT2D eigenvalue weighted by molar-refractivity contribution is 0.208. The van der Waals surface area contributed by atoms with Gasteiger partial charge in [0.2, 0.25) is 5.95 Å². The van der Waals surface area contributed by atoms with Crippen molar-refractivity contribution in [3.8, 4) is 0 Å². The Morgan fingerprint density at radius 2 is 2.06 bits per heavy atom. The lowest BCUT2D eigenvalue weighted by Crippen LogP contribution is -2.38. The van der Waals surface area contributed by atoms with Crippen LogP contribution >= 0.6 is 0 Å². The van der Waals surface area contributed by atoms with Crippen LogP contribution in [0.1, 0.15) is 24.2 Å². The molecule has 0 unspecified atom stereocenters. The van der Waals surface area contributed by atoms with Crippen molar-refractivity contribution in [1.82, 2.24) is 9.97 Å². The molecule has 4 heteroatoms. The van der Waals surface area contributed by atoms with E-state index in [1.807, 2.05) is 19.9 Å². The fourth-order valence-electron chi connectivity index (χ4n) is 2.24. The van der Waals surface area contributed by atoms with Crippen LogP contribution in [0.3, 0.4) is 0 Å². The fraction of sp³-hybridized carbons (Fsp3) is 0.667. The molecule has 16 heavy (non-hydrogen) atoms. The number of aryl methyl sites for hydroxylation is 2. The first-order valence-electron chi connectivity index (χ1n) is 5.87.